The topological polar surface area (TPSA) is 90.4 Å². The van der Waals surface area contributed by atoms with E-state index in [0.717, 1.165) is 12.8 Å². The zero-order valence-corrected chi connectivity index (χ0v) is 21.4. The summed E-state index contributed by atoms with van der Waals surface area (Å²) in [7, 11) is 0. The van der Waals surface area contributed by atoms with E-state index in [2.05, 4.69) is 11.9 Å². The number of aromatic amines is 1. The van der Waals surface area contributed by atoms with Crippen LogP contribution in [0.15, 0.2) is 15.8 Å². The highest BCUT2D eigenvalue weighted by Crippen LogP contribution is 2.27. The fourth-order valence-corrected chi connectivity index (χ4v) is 4.54. The Morgan fingerprint density at radius 1 is 0.941 bits per heavy atom. The first-order chi connectivity index (χ1) is 16.5. The van der Waals surface area contributed by atoms with Gasteiger partial charge in [-0.05, 0) is 26.2 Å². The molecule has 0 spiro atoms. The molecule has 2 atom stereocenters. The predicted octanol–water partition coefficient (Wildman–Crippen LogP) is 5.94. The molecule has 0 bridgehead atoms. The monoisotopic (exact) mass is 478 g/mol. The maximum atomic E-state index is 12.0. The molecule has 0 aliphatic carbocycles. The van der Waals surface area contributed by atoms with Gasteiger partial charge in [0.25, 0.3) is 5.56 Å². The van der Waals surface area contributed by atoms with Crippen LogP contribution in [-0.2, 0) is 14.3 Å². The van der Waals surface area contributed by atoms with Crippen molar-refractivity contribution in [1.29, 1.82) is 0 Å². The molecular weight excluding hydrogens is 432 g/mol. The largest absolute Gasteiger partial charge is 0.463 e. The van der Waals surface area contributed by atoms with E-state index < -0.39 is 11.9 Å². The summed E-state index contributed by atoms with van der Waals surface area (Å²) >= 11 is 0. The SMILES string of the molecule is CCCCCCCCCCCCCCCCC(=O)OC[C@@H]1CC[C@H](n2cc(C)c(=O)[nH]c2=O)O1. The van der Waals surface area contributed by atoms with Gasteiger partial charge in [-0.2, -0.15) is 0 Å². The van der Waals surface area contributed by atoms with Gasteiger partial charge >= 0.3 is 11.7 Å². The Balaban J connectivity index is 1.44. The summed E-state index contributed by atoms with van der Waals surface area (Å²) in [5.41, 5.74) is -0.393. The number of esters is 1. The molecule has 1 N–H and O–H groups in total. The number of hydrogen-bond donors (Lipinski definition) is 1. The molecule has 1 aliphatic rings. The van der Waals surface area contributed by atoms with Gasteiger partial charge in [0.15, 0.2) is 0 Å². The maximum Gasteiger partial charge on any atom is 0.330 e. The van der Waals surface area contributed by atoms with Gasteiger partial charge in [-0.15, -0.1) is 0 Å². The van der Waals surface area contributed by atoms with Crippen LogP contribution in [0.3, 0.4) is 0 Å². The number of ether oxygens (including phenoxy) is 2. The molecule has 7 heteroatoms. The van der Waals surface area contributed by atoms with E-state index in [0.29, 0.717) is 24.8 Å². The fraction of sp³-hybridized carbons (Fsp3) is 0.815. The van der Waals surface area contributed by atoms with Gasteiger partial charge in [0, 0.05) is 18.2 Å². The quantitative estimate of drug-likeness (QED) is 0.208. The number of nitrogens with zero attached hydrogens (tertiary/aromatic N) is 1. The van der Waals surface area contributed by atoms with Crippen LogP contribution < -0.4 is 11.2 Å². The molecule has 34 heavy (non-hydrogen) atoms. The Bertz CT molecular complexity index is 816. The lowest BCUT2D eigenvalue weighted by atomic mass is 10.0. The highest BCUT2D eigenvalue weighted by Gasteiger charge is 2.28. The van der Waals surface area contributed by atoms with Gasteiger partial charge in [-0.3, -0.25) is 19.1 Å². The summed E-state index contributed by atoms with van der Waals surface area (Å²) in [5, 5.41) is 0. The normalized spacial score (nSPS) is 17.8. The molecule has 0 aromatic carbocycles. The lowest BCUT2D eigenvalue weighted by Crippen LogP contribution is -2.33. The van der Waals surface area contributed by atoms with Crippen LogP contribution in [0.25, 0.3) is 0 Å². The average molecular weight is 479 g/mol. The van der Waals surface area contributed by atoms with Crippen LogP contribution in [0.5, 0.6) is 0 Å². The molecule has 2 rings (SSSR count). The second-order valence-corrected chi connectivity index (χ2v) is 9.80. The van der Waals surface area contributed by atoms with E-state index in [1.165, 1.54) is 87.8 Å². The van der Waals surface area contributed by atoms with E-state index >= 15 is 0 Å². The van der Waals surface area contributed by atoms with Gasteiger partial charge in [-0.25, -0.2) is 4.79 Å². The van der Waals surface area contributed by atoms with E-state index in [-0.39, 0.29) is 24.2 Å². The first-order valence-corrected chi connectivity index (χ1v) is 13.6. The molecular formula is C27H46N2O5. The Morgan fingerprint density at radius 3 is 2.09 bits per heavy atom. The average Bonchev–Trinajstić information content (AvgIpc) is 3.29. The Kier molecular flexibility index (Phi) is 13.9. The molecule has 0 unspecified atom stereocenters. The molecule has 0 amide bonds. The highest BCUT2D eigenvalue weighted by molar-refractivity contribution is 5.69. The van der Waals surface area contributed by atoms with Gasteiger partial charge in [0.1, 0.15) is 12.8 Å². The lowest BCUT2D eigenvalue weighted by Gasteiger charge is -2.16. The molecule has 1 aromatic heterocycles. The molecule has 7 nitrogen and oxygen atoms in total. The van der Waals surface area contributed by atoms with Crippen LogP contribution in [0.4, 0.5) is 0 Å². The molecule has 194 valence electrons. The molecule has 1 aromatic rings. The second kappa shape index (κ2) is 16.7. The van der Waals surface area contributed by atoms with Gasteiger partial charge in [0.2, 0.25) is 0 Å². The summed E-state index contributed by atoms with van der Waals surface area (Å²) < 4.78 is 12.7. The van der Waals surface area contributed by atoms with E-state index in [1.807, 2.05) is 0 Å². The third-order valence-corrected chi connectivity index (χ3v) is 6.71. The zero-order chi connectivity index (χ0) is 24.6. The van der Waals surface area contributed by atoms with Crippen molar-refractivity contribution in [2.24, 2.45) is 0 Å². The minimum atomic E-state index is -0.476. The Hall–Kier alpha value is -1.89. The first kappa shape index (κ1) is 28.3. The van der Waals surface area contributed by atoms with Crippen molar-refractivity contribution in [2.45, 2.75) is 135 Å². The first-order valence-electron chi connectivity index (χ1n) is 13.6. The lowest BCUT2D eigenvalue weighted by molar-refractivity contribution is -0.148. The van der Waals surface area contributed by atoms with Crippen molar-refractivity contribution < 1.29 is 14.3 Å². The summed E-state index contributed by atoms with van der Waals surface area (Å²) in [6, 6.07) is 0. The number of aromatic nitrogens is 2. The van der Waals surface area contributed by atoms with Crippen LogP contribution in [0, 0.1) is 6.92 Å². The van der Waals surface area contributed by atoms with Crippen molar-refractivity contribution >= 4 is 5.97 Å². The van der Waals surface area contributed by atoms with Crippen LogP contribution >= 0.6 is 0 Å². The second-order valence-electron chi connectivity index (χ2n) is 9.80. The van der Waals surface area contributed by atoms with Crippen LogP contribution in [0.2, 0.25) is 0 Å². The number of nitrogens with one attached hydrogen (secondary N) is 1. The molecule has 1 saturated heterocycles. The number of H-pyrrole nitrogens is 1. The summed E-state index contributed by atoms with van der Waals surface area (Å²) in [6.07, 6.45) is 20.8. The molecule has 2 heterocycles. The third kappa shape index (κ3) is 11.0. The fourth-order valence-electron chi connectivity index (χ4n) is 4.54. The molecule has 1 aliphatic heterocycles. The number of unbranched alkanes of at least 4 members (excludes halogenated alkanes) is 13. The molecule has 0 saturated carbocycles. The Labute approximate surface area is 204 Å². The molecule has 1 fully saturated rings. The van der Waals surface area contributed by atoms with Gasteiger partial charge < -0.3 is 9.47 Å². The maximum absolute atomic E-state index is 12.0. The predicted molar refractivity (Wildman–Crippen MR) is 135 cm³/mol. The number of carbonyl (C=O) groups excluding carboxylic acids is 1. The minimum absolute atomic E-state index is 0.178. The van der Waals surface area contributed by atoms with Crippen molar-refractivity contribution in [2.75, 3.05) is 6.61 Å². The van der Waals surface area contributed by atoms with Crippen LogP contribution in [-0.4, -0.2) is 28.2 Å². The van der Waals surface area contributed by atoms with Gasteiger partial charge in [-0.1, -0.05) is 90.4 Å². The van der Waals surface area contributed by atoms with Gasteiger partial charge in [0.05, 0.1) is 6.10 Å². The summed E-state index contributed by atoms with van der Waals surface area (Å²) in [4.78, 5) is 37.9. The minimum Gasteiger partial charge on any atom is -0.463 e. The van der Waals surface area contributed by atoms with Crippen molar-refractivity contribution in [3.8, 4) is 0 Å². The van der Waals surface area contributed by atoms with Crippen molar-refractivity contribution in [1.82, 2.24) is 9.55 Å². The number of carbonyl (C=O) groups is 1. The van der Waals surface area contributed by atoms with Crippen molar-refractivity contribution in [3.63, 3.8) is 0 Å². The number of aryl methyl sites for hydroxylation is 1. The highest BCUT2D eigenvalue weighted by atomic mass is 16.6. The number of hydrogen-bond acceptors (Lipinski definition) is 5. The smallest absolute Gasteiger partial charge is 0.330 e. The van der Waals surface area contributed by atoms with E-state index in [1.54, 1.807) is 6.92 Å². The van der Waals surface area contributed by atoms with Crippen molar-refractivity contribution in [3.05, 3.63) is 32.6 Å². The summed E-state index contributed by atoms with van der Waals surface area (Å²) in [6.45, 7) is 4.13. The third-order valence-electron chi connectivity index (χ3n) is 6.71. The summed E-state index contributed by atoms with van der Waals surface area (Å²) in [5.74, 6) is -0.178. The van der Waals surface area contributed by atoms with Crippen LogP contribution in [0.1, 0.15) is 128 Å². The molecule has 0 radical (unpaired) electrons. The zero-order valence-electron chi connectivity index (χ0n) is 21.4. The van der Waals surface area contributed by atoms with E-state index in [9.17, 15) is 14.4 Å². The Morgan fingerprint density at radius 2 is 1.50 bits per heavy atom. The number of rotatable bonds is 18. The standard InChI is InChI=1S/C27H46N2O5/c1-3-4-5-6-7-8-9-10-11-12-13-14-15-16-17-25(30)33-21-23-18-19-24(34-23)29-20-22(2)26(31)28-27(29)32/h20,23-24H,3-19,21H2,1-2H3,(H,28,31,32)/t23-,24+/m0/s1. The van der Waals surface area contributed by atoms with E-state index in [4.69, 9.17) is 9.47 Å².